The van der Waals surface area contributed by atoms with Gasteiger partial charge in [-0.2, -0.15) is 4.98 Å². The van der Waals surface area contributed by atoms with Crippen LogP contribution >= 0.6 is 11.6 Å². The molecule has 140 valence electrons. The highest BCUT2D eigenvalue weighted by Gasteiger charge is 2.29. The molecule has 8 nitrogen and oxygen atoms in total. The first-order chi connectivity index (χ1) is 13.7. The lowest BCUT2D eigenvalue weighted by molar-refractivity contribution is 0.0950. The van der Waals surface area contributed by atoms with Gasteiger partial charge in [0.15, 0.2) is 17.3 Å². The Bertz CT molecular complexity index is 1180. The minimum absolute atomic E-state index is 0.215. The van der Waals surface area contributed by atoms with E-state index in [0.717, 1.165) is 18.7 Å². The van der Waals surface area contributed by atoms with Gasteiger partial charge in [0.05, 0.1) is 12.1 Å². The van der Waals surface area contributed by atoms with Gasteiger partial charge in [0.25, 0.3) is 11.8 Å². The fourth-order valence-electron chi connectivity index (χ4n) is 2.99. The second-order valence-electron chi connectivity index (χ2n) is 6.66. The van der Waals surface area contributed by atoms with Gasteiger partial charge < -0.3 is 9.84 Å². The molecule has 0 atom stereocenters. The number of nitrogens with zero attached hydrogens (tertiary/aromatic N) is 5. The highest BCUT2D eigenvalue weighted by Crippen LogP contribution is 2.39. The van der Waals surface area contributed by atoms with E-state index in [9.17, 15) is 4.79 Å². The number of benzene rings is 1. The highest BCUT2D eigenvalue weighted by molar-refractivity contribution is 6.30. The molecule has 1 saturated carbocycles. The van der Waals surface area contributed by atoms with Crippen LogP contribution in [0, 0.1) is 0 Å². The van der Waals surface area contributed by atoms with Crippen LogP contribution in [0.25, 0.3) is 17.1 Å². The minimum atomic E-state index is -0.235. The number of aromatic nitrogens is 5. The number of amides is 1. The van der Waals surface area contributed by atoms with Gasteiger partial charge in [-0.1, -0.05) is 22.8 Å². The van der Waals surface area contributed by atoms with Crippen LogP contribution < -0.4 is 5.32 Å². The van der Waals surface area contributed by atoms with Crippen LogP contribution in [-0.4, -0.2) is 30.6 Å². The predicted molar refractivity (Wildman–Crippen MR) is 101 cm³/mol. The maximum Gasteiger partial charge on any atom is 0.261 e. The van der Waals surface area contributed by atoms with Crippen molar-refractivity contribution in [1.29, 1.82) is 0 Å². The van der Waals surface area contributed by atoms with Crippen molar-refractivity contribution in [3.63, 3.8) is 0 Å². The van der Waals surface area contributed by atoms with Crippen molar-refractivity contribution in [2.24, 2.45) is 0 Å². The van der Waals surface area contributed by atoms with E-state index >= 15 is 0 Å². The third-order valence-corrected chi connectivity index (χ3v) is 4.85. The van der Waals surface area contributed by atoms with Crippen LogP contribution in [0.2, 0.25) is 5.02 Å². The Balaban J connectivity index is 1.39. The van der Waals surface area contributed by atoms with Gasteiger partial charge in [0.1, 0.15) is 0 Å². The smallest absolute Gasteiger partial charge is 0.261 e. The molecule has 0 unspecified atom stereocenters. The van der Waals surface area contributed by atoms with Crippen LogP contribution in [-0.2, 0) is 6.54 Å². The summed E-state index contributed by atoms with van der Waals surface area (Å²) < 4.78 is 7.21. The van der Waals surface area contributed by atoms with E-state index in [-0.39, 0.29) is 12.5 Å². The largest absolute Gasteiger partial charge is 0.345 e. The standard InChI is InChI=1S/C19H15ClN6O2/c20-13-4-1-3-12(9-13)18(27)21-10-15-23-24-17-14(5-2-8-26(15)17)19-22-16(25-28-19)11-6-7-11/h1-5,8-9,11H,6-7,10H2,(H,21,27). The molecule has 3 heterocycles. The molecule has 0 bridgehead atoms. The molecule has 1 aromatic carbocycles. The highest BCUT2D eigenvalue weighted by atomic mass is 35.5. The molecule has 0 spiro atoms. The van der Waals surface area contributed by atoms with Crippen molar-refractivity contribution in [1.82, 2.24) is 30.1 Å². The SMILES string of the molecule is O=C(NCc1nnc2c(-c3nc(C4CC4)no3)cccn12)c1cccc(Cl)c1. The van der Waals surface area contributed by atoms with E-state index in [1.165, 1.54) is 0 Å². The molecule has 0 radical (unpaired) electrons. The van der Waals surface area contributed by atoms with E-state index in [1.54, 1.807) is 28.7 Å². The molecule has 1 aliphatic rings. The molecule has 1 fully saturated rings. The lowest BCUT2D eigenvalue weighted by Gasteiger charge is -2.05. The van der Waals surface area contributed by atoms with Gasteiger partial charge in [0.2, 0.25) is 0 Å². The first kappa shape index (κ1) is 16.9. The summed E-state index contributed by atoms with van der Waals surface area (Å²) in [6.07, 6.45) is 4.03. The van der Waals surface area contributed by atoms with Gasteiger partial charge in [0, 0.05) is 22.7 Å². The number of rotatable bonds is 5. The molecule has 28 heavy (non-hydrogen) atoms. The van der Waals surface area contributed by atoms with Crippen molar-refractivity contribution in [2.45, 2.75) is 25.3 Å². The summed E-state index contributed by atoms with van der Waals surface area (Å²) >= 11 is 5.94. The van der Waals surface area contributed by atoms with Crippen molar-refractivity contribution in [3.05, 3.63) is 64.8 Å². The van der Waals surface area contributed by atoms with Crippen molar-refractivity contribution in [2.75, 3.05) is 0 Å². The van der Waals surface area contributed by atoms with Crippen LogP contribution in [0.3, 0.4) is 0 Å². The molecule has 5 rings (SSSR count). The maximum absolute atomic E-state index is 12.3. The van der Waals surface area contributed by atoms with Gasteiger partial charge in [-0.05, 0) is 43.2 Å². The second-order valence-corrected chi connectivity index (χ2v) is 7.09. The van der Waals surface area contributed by atoms with Gasteiger partial charge in [-0.15, -0.1) is 10.2 Å². The maximum atomic E-state index is 12.3. The zero-order valence-electron chi connectivity index (χ0n) is 14.7. The van der Waals surface area contributed by atoms with E-state index in [4.69, 9.17) is 16.1 Å². The molecular formula is C19H15ClN6O2. The Morgan fingerprint density at radius 2 is 2.14 bits per heavy atom. The van der Waals surface area contributed by atoms with E-state index in [0.29, 0.717) is 39.4 Å². The van der Waals surface area contributed by atoms with Gasteiger partial charge >= 0.3 is 0 Å². The quantitative estimate of drug-likeness (QED) is 0.558. The number of carbonyl (C=O) groups excluding carboxylic acids is 1. The van der Waals surface area contributed by atoms with Crippen molar-refractivity contribution < 1.29 is 9.32 Å². The van der Waals surface area contributed by atoms with E-state index in [1.807, 2.05) is 18.3 Å². The Hall–Kier alpha value is -3.26. The number of hydrogen-bond donors (Lipinski definition) is 1. The Morgan fingerprint density at radius 3 is 2.96 bits per heavy atom. The molecular weight excluding hydrogens is 380 g/mol. The van der Waals surface area contributed by atoms with Gasteiger partial charge in [-0.25, -0.2) is 0 Å². The lowest BCUT2D eigenvalue weighted by atomic mass is 10.2. The zero-order chi connectivity index (χ0) is 19.1. The Labute approximate surface area is 164 Å². The third kappa shape index (κ3) is 3.11. The summed E-state index contributed by atoms with van der Waals surface area (Å²) in [5.74, 6) is 1.93. The van der Waals surface area contributed by atoms with Crippen LogP contribution in [0.15, 0.2) is 47.1 Å². The van der Waals surface area contributed by atoms with Crippen LogP contribution in [0.5, 0.6) is 0 Å². The minimum Gasteiger partial charge on any atom is -0.345 e. The molecule has 0 aliphatic heterocycles. The fraction of sp³-hybridized carbons (Fsp3) is 0.211. The molecule has 1 aliphatic carbocycles. The molecule has 1 N–H and O–H groups in total. The van der Waals surface area contributed by atoms with E-state index < -0.39 is 0 Å². The molecule has 3 aromatic heterocycles. The molecule has 1 amide bonds. The fourth-order valence-corrected chi connectivity index (χ4v) is 3.18. The normalized spacial score (nSPS) is 13.8. The Kier molecular flexibility index (Phi) is 4.05. The van der Waals surface area contributed by atoms with Crippen LogP contribution in [0.1, 0.15) is 40.8 Å². The average Bonchev–Trinajstić information content (AvgIpc) is 3.29. The lowest BCUT2D eigenvalue weighted by Crippen LogP contribution is -2.23. The predicted octanol–water partition coefficient (Wildman–Crippen LogP) is 3.24. The summed E-state index contributed by atoms with van der Waals surface area (Å²) in [7, 11) is 0. The summed E-state index contributed by atoms with van der Waals surface area (Å²) in [6, 6.07) is 10.5. The summed E-state index contributed by atoms with van der Waals surface area (Å²) in [5, 5.41) is 15.8. The second kappa shape index (κ2) is 6.72. The van der Waals surface area contributed by atoms with E-state index in [2.05, 4.69) is 25.7 Å². The van der Waals surface area contributed by atoms with Gasteiger partial charge in [-0.3, -0.25) is 9.20 Å². The first-order valence-corrected chi connectivity index (χ1v) is 9.27. The number of halogens is 1. The van der Waals surface area contributed by atoms with Crippen molar-refractivity contribution in [3.8, 4) is 11.5 Å². The summed E-state index contributed by atoms with van der Waals surface area (Å²) in [4.78, 5) is 16.8. The number of hydrogen-bond acceptors (Lipinski definition) is 6. The number of fused-ring (bicyclic) bond motifs is 1. The molecule has 4 aromatic rings. The summed E-state index contributed by atoms with van der Waals surface area (Å²) in [6.45, 7) is 0.215. The summed E-state index contributed by atoms with van der Waals surface area (Å²) in [5.41, 5.74) is 1.79. The molecule has 0 saturated heterocycles. The first-order valence-electron chi connectivity index (χ1n) is 8.89. The molecule has 9 heteroatoms. The van der Waals surface area contributed by atoms with Crippen LogP contribution in [0.4, 0.5) is 0 Å². The van der Waals surface area contributed by atoms with Crippen molar-refractivity contribution >= 4 is 23.2 Å². The topological polar surface area (TPSA) is 98.2 Å². The Morgan fingerprint density at radius 1 is 1.25 bits per heavy atom. The number of carbonyl (C=O) groups is 1. The zero-order valence-corrected chi connectivity index (χ0v) is 15.4. The number of pyridine rings is 1. The average molecular weight is 395 g/mol. The monoisotopic (exact) mass is 394 g/mol. The third-order valence-electron chi connectivity index (χ3n) is 4.61. The number of nitrogens with one attached hydrogen (secondary N) is 1.